The summed E-state index contributed by atoms with van der Waals surface area (Å²) in [7, 11) is 5.31. The van der Waals surface area contributed by atoms with Crippen molar-refractivity contribution in [2.45, 2.75) is 25.3 Å². The highest BCUT2D eigenvalue weighted by Crippen LogP contribution is 2.24. The van der Waals surface area contributed by atoms with E-state index in [1.165, 1.54) is 0 Å². The molecule has 1 amide bonds. The lowest BCUT2D eigenvalue weighted by molar-refractivity contribution is -0.122. The van der Waals surface area contributed by atoms with Gasteiger partial charge in [-0.05, 0) is 51.0 Å². The summed E-state index contributed by atoms with van der Waals surface area (Å²) in [5.41, 5.74) is 1.06. The minimum atomic E-state index is 0.0727. The van der Waals surface area contributed by atoms with Crippen LogP contribution < -0.4 is 20.1 Å². The monoisotopic (exact) mass is 335 g/mol. The standard InChI is InChI=1S/C18H29N3O3/c1-21(15-7-9-19-10-8-15)13-18(22)20-11-6-14-4-5-16(23-2)12-17(14)24-3/h4-5,12,15,19H,6-11,13H2,1-3H3,(H,20,22). The van der Waals surface area contributed by atoms with E-state index < -0.39 is 0 Å². The van der Waals surface area contributed by atoms with E-state index in [0.29, 0.717) is 19.1 Å². The number of nitrogens with one attached hydrogen (secondary N) is 2. The van der Waals surface area contributed by atoms with E-state index in [4.69, 9.17) is 9.47 Å². The van der Waals surface area contributed by atoms with Gasteiger partial charge in [-0.25, -0.2) is 0 Å². The van der Waals surface area contributed by atoms with Crippen LogP contribution in [0.2, 0.25) is 0 Å². The molecular weight excluding hydrogens is 306 g/mol. The minimum absolute atomic E-state index is 0.0727. The lowest BCUT2D eigenvalue weighted by Gasteiger charge is -2.31. The molecule has 1 fully saturated rings. The molecule has 0 aromatic heterocycles. The van der Waals surface area contributed by atoms with Gasteiger partial charge in [0.2, 0.25) is 5.91 Å². The Labute approximate surface area is 144 Å². The fourth-order valence-corrected chi connectivity index (χ4v) is 3.05. The number of amides is 1. The molecule has 24 heavy (non-hydrogen) atoms. The van der Waals surface area contributed by atoms with Crippen molar-refractivity contribution in [3.8, 4) is 11.5 Å². The van der Waals surface area contributed by atoms with Gasteiger partial charge in [0.25, 0.3) is 0 Å². The number of methoxy groups -OCH3 is 2. The smallest absolute Gasteiger partial charge is 0.234 e. The van der Waals surface area contributed by atoms with Gasteiger partial charge in [-0.1, -0.05) is 6.07 Å². The molecule has 2 N–H and O–H groups in total. The largest absolute Gasteiger partial charge is 0.497 e. The fraction of sp³-hybridized carbons (Fsp3) is 0.611. The highest BCUT2D eigenvalue weighted by molar-refractivity contribution is 5.78. The summed E-state index contributed by atoms with van der Waals surface area (Å²) in [4.78, 5) is 14.3. The Morgan fingerprint density at radius 1 is 1.29 bits per heavy atom. The molecular formula is C18H29N3O3. The van der Waals surface area contributed by atoms with E-state index in [2.05, 4.69) is 15.5 Å². The number of nitrogens with zero attached hydrogens (tertiary/aromatic N) is 1. The zero-order valence-electron chi connectivity index (χ0n) is 14.9. The van der Waals surface area contributed by atoms with Crippen molar-refractivity contribution in [2.75, 3.05) is 47.4 Å². The molecule has 0 unspecified atom stereocenters. The molecule has 0 spiro atoms. The van der Waals surface area contributed by atoms with Crippen LogP contribution in [0.15, 0.2) is 18.2 Å². The van der Waals surface area contributed by atoms with Gasteiger partial charge in [0, 0.05) is 18.7 Å². The van der Waals surface area contributed by atoms with Crippen molar-refractivity contribution in [3.63, 3.8) is 0 Å². The number of hydrogen-bond donors (Lipinski definition) is 2. The van der Waals surface area contributed by atoms with Crippen molar-refractivity contribution in [2.24, 2.45) is 0 Å². The number of hydrogen-bond acceptors (Lipinski definition) is 5. The molecule has 1 saturated heterocycles. The van der Waals surface area contributed by atoms with E-state index >= 15 is 0 Å². The maximum absolute atomic E-state index is 12.1. The average molecular weight is 335 g/mol. The summed E-state index contributed by atoms with van der Waals surface area (Å²) in [6, 6.07) is 6.25. The molecule has 1 heterocycles. The molecule has 2 rings (SSSR count). The van der Waals surface area contributed by atoms with E-state index in [9.17, 15) is 4.79 Å². The van der Waals surface area contributed by atoms with Crippen LogP contribution in [0.25, 0.3) is 0 Å². The van der Waals surface area contributed by atoms with Gasteiger partial charge in [0.05, 0.1) is 20.8 Å². The zero-order valence-corrected chi connectivity index (χ0v) is 14.9. The van der Waals surface area contributed by atoms with Crippen LogP contribution in [0, 0.1) is 0 Å². The number of piperidine rings is 1. The molecule has 1 aliphatic rings. The molecule has 6 heteroatoms. The average Bonchev–Trinajstić information content (AvgIpc) is 2.62. The summed E-state index contributed by atoms with van der Waals surface area (Å²) in [6.45, 7) is 3.12. The van der Waals surface area contributed by atoms with Crippen molar-refractivity contribution in [1.82, 2.24) is 15.5 Å². The molecule has 134 valence electrons. The first kappa shape index (κ1) is 18.5. The molecule has 0 bridgehead atoms. The normalized spacial score (nSPS) is 15.3. The van der Waals surface area contributed by atoms with Crippen LogP contribution in [0.4, 0.5) is 0 Å². The Balaban J connectivity index is 1.76. The maximum atomic E-state index is 12.1. The lowest BCUT2D eigenvalue weighted by Crippen LogP contribution is -2.45. The van der Waals surface area contributed by atoms with Crippen molar-refractivity contribution < 1.29 is 14.3 Å². The third kappa shape index (κ3) is 5.39. The predicted molar refractivity (Wildman–Crippen MR) is 94.8 cm³/mol. The predicted octanol–water partition coefficient (Wildman–Crippen LogP) is 1.05. The van der Waals surface area contributed by atoms with Gasteiger partial charge >= 0.3 is 0 Å². The second kappa shape index (κ2) is 9.49. The van der Waals surface area contributed by atoms with E-state index in [-0.39, 0.29) is 5.91 Å². The molecule has 0 radical (unpaired) electrons. The van der Waals surface area contributed by atoms with Crippen LogP contribution in [0.3, 0.4) is 0 Å². The first-order valence-electron chi connectivity index (χ1n) is 8.52. The number of ether oxygens (including phenoxy) is 2. The van der Waals surface area contributed by atoms with Gasteiger partial charge in [0.1, 0.15) is 11.5 Å². The number of benzene rings is 1. The summed E-state index contributed by atoms with van der Waals surface area (Å²) in [5, 5.41) is 6.34. The summed E-state index contributed by atoms with van der Waals surface area (Å²) in [6.07, 6.45) is 2.94. The van der Waals surface area contributed by atoms with E-state index in [1.807, 2.05) is 25.2 Å². The molecule has 0 saturated carbocycles. The molecule has 0 atom stereocenters. The highest BCUT2D eigenvalue weighted by Gasteiger charge is 2.19. The Bertz CT molecular complexity index is 530. The molecule has 1 aliphatic heterocycles. The number of carbonyl (C=O) groups is 1. The molecule has 0 aliphatic carbocycles. The number of rotatable bonds is 8. The van der Waals surface area contributed by atoms with Gasteiger partial charge < -0.3 is 20.1 Å². The number of likely N-dealkylation sites (N-methyl/N-ethyl adjacent to an activating group) is 1. The fourth-order valence-electron chi connectivity index (χ4n) is 3.05. The van der Waals surface area contributed by atoms with Gasteiger partial charge in [-0.15, -0.1) is 0 Å². The van der Waals surface area contributed by atoms with Crippen LogP contribution in [0.5, 0.6) is 11.5 Å². The van der Waals surface area contributed by atoms with Gasteiger partial charge in [-0.3, -0.25) is 9.69 Å². The summed E-state index contributed by atoms with van der Waals surface area (Å²) < 4.78 is 10.6. The molecule has 1 aromatic carbocycles. The molecule has 1 aromatic rings. The second-order valence-corrected chi connectivity index (χ2v) is 6.17. The van der Waals surface area contributed by atoms with Crippen LogP contribution in [-0.2, 0) is 11.2 Å². The number of carbonyl (C=O) groups excluding carboxylic acids is 1. The van der Waals surface area contributed by atoms with E-state index in [1.54, 1.807) is 14.2 Å². The maximum Gasteiger partial charge on any atom is 0.234 e. The Hall–Kier alpha value is -1.79. The van der Waals surface area contributed by atoms with Crippen LogP contribution in [0.1, 0.15) is 18.4 Å². The third-order valence-electron chi connectivity index (χ3n) is 4.54. The summed E-state index contributed by atoms with van der Waals surface area (Å²) >= 11 is 0. The minimum Gasteiger partial charge on any atom is -0.497 e. The molecule has 6 nitrogen and oxygen atoms in total. The second-order valence-electron chi connectivity index (χ2n) is 6.17. The zero-order chi connectivity index (χ0) is 17.4. The van der Waals surface area contributed by atoms with Gasteiger partial charge in [-0.2, -0.15) is 0 Å². The van der Waals surface area contributed by atoms with Crippen molar-refractivity contribution >= 4 is 5.91 Å². The summed E-state index contributed by atoms with van der Waals surface area (Å²) in [5.74, 6) is 1.63. The SMILES string of the molecule is COc1ccc(CCNC(=O)CN(C)C2CCNCC2)c(OC)c1. The highest BCUT2D eigenvalue weighted by atomic mass is 16.5. The first-order chi connectivity index (χ1) is 11.6. The first-order valence-corrected chi connectivity index (χ1v) is 8.52. The van der Waals surface area contributed by atoms with Crippen LogP contribution >= 0.6 is 0 Å². The van der Waals surface area contributed by atoms with Crippen LogP contribution in [-0.4, -0.2) is 64.3 Å². The van der Waals surface area contributed by atoms with E-state index in [0.717, 1.165) is 49.4 Å². The Morgan fingerprint density at radius 3 is 2.71 bits per heavy atom. The Morgan fingerprint density at radius 2 is 2.04 bits per heavy atom. The van der Waals surface area contributed by atoms with Crippen molar-refractivity contribution in [1.29, 1.82) is 0 Å². The third-order valence-corrected chi connectivity index (χ3v) is 4.54. The lowest BCUT2D eigenvalue weighted by atomic mass is 10.1. The Kier molecular flexibility index (Phi) is 7.34. The topological polar surface area (TPSA) is 62.8 Å². The van der Waals surface area contributed by atoms with Crippen molar-refractivity contribution in [3.05, 3.63) is 23.8 Å². The van der Waals surface area contributed by atoms with Gasteiger partial charge in [0.15, 0.2) is 0 Å². The quantitative estimate of drug-likeness (QED) is 0.743.